The Labute approximate surface area is 189 Å². The Morgan fingerprint density at radius 3 is 2.53 bits per heavy atom. The summed E-state index contributed by atoms with van der Waals surface area (Å²) in [5.74, 6) is 0.841. The van der Waals surface area contributed by atoms with Gasteiger partial charge in [-0.25, -0.2) is 0 Å². The fourth-order valence-corrected chi connectivity index (χ4v) is 4.05. The van der Waals surface area contributed by atoms with Crippen molar-refractivity contribution in [1.29, 1.82) is 0 Å². The number of carbonyl (C=O) groups is 2. The molecule has 0 fully saturated rings. The summed E-state index contributed by atoms with van der Waals surface area (Å²) >= 11 is 7.88. The molecule has 2 aromatic rings. The zero-order valence-corrected chi connectivity index (χ0v) is 19.7. The Morgan fingerprint density at radius 1 is 1.13 bits per heavy atom. The Bertz CT molecular complexity index is 859. The third kappa shape index (κ3) is 7.37. The molecular weight excluding hydrogens is 416 g/mol. The molecule has 0 aliphatic heterocycles. The number of rotatable bonds is 10. The third-order valence-corrected chi connectivity index (χ3v) is 6.40. The molecule has 2 atom stereocenters. The number of halogens is 1. The average molecular weight is 447 g/mol. The van der Waals surface area contributed by atoms with E-state index in [2.05, 4.69) is 30.4 Å². The standard InChI is InChI=1S/C24H31ClN2O2S/c1-5-18(3)26-24(29)19(4)27(14-21-11-6-7-12-22(21)25)23(28)16-30-15-20-10-8-9-17(2)13-20/h6-13,18-19H,5,14-16H2,1-4H3,(H,26,29)/t18-,19+/m1/s1. The first-order valence-electron chi connectivity index (χ1n) is 10.3. The van der Waals surface area contributed by atoms with E-state index >= 15 is 0 Å². The predicted octanol–water partition coefficient (Wildman–Crippen LogP) is 5.21. The highest BCUT2D eigenvalue weighted by molar-refractivity contribution is 7.99. The number of amides is 2. The van der Waals surface area contributed by atoms with Crippen LogP contribution in [0, 0.1) is 6.92 Å². The Morgan fingerprint density at radius 2 is 1.87 bits per heavy atom. The van der Waals surface area contributed by atoms with Crippen LogP contribution in [0.15, 0.2) is 48.5 Å². The highest BCUT2D eigenvalue weighted by atomic mass is 35.5. The number of hydrogen-bond acceptors (Lipinski definition) is 3. The summed E-state index contributed by atoms with van der Waals surface area (Å²) in [6, 6.07) is 15.2. The van der Waals surface area contributed by atoms with Crippen LogP contribution in [-0.4, -0.2) is 34.6 Å². The van der Waals surface area contributed by atoms with Crippen LogP contribution in [0.25, 0.3) is 0 Å². The molecule has 2 aromatic carbocycles. The van der Waals surface area contributed by atoms with Gasteiger partial charge in [0.25, 0.3) is 0 Å². The van der Waals surface area contributed by atoms with E-state index in [1.54, 1.807) is 29.7 Å². The minimum atomic E-state index is -0.581. The van der Waals surface area contributed by atoms with Crippen LogP contribution in [-0.2, 0) is 21.9 Å². The summed E-state index contributed by atoms with van der Waals surface area (Å²) in [5, 5.41) is 3.58. The van der Waals surface area contributed by atoms with Gasteiger partial charge in [-0.15, -0.1) is 11.8 Å². The minimum Gasteiger partial charge on any atom is -0.352 e. The van der Waals surface area contributed by atoms with Gasteiger partial charge in [-0.2, -0.15) is 0 Å². The summed E-state index contributed by atoms with van der Waals surface area (Å²) < 4.78 is 0. The van der Waals surface area contributed by atoms with E-state index in [0.717, 1.165) is 17.7 Å². The molecule has 2 rings (SSSR count). The van der Waals surface area contributed by atoms with Gasteiger partial charge in [0.05, 0.1) is 5.75 Å². The van der Waals surface area contributed by atoms with Crippen LogP contribution in [0.3, 0.4) is 0 Å². The zero-order chi connectivity index (χ0) is 22.1. The molecule has 0 aliphatic rings. The highest BCUT2D eigenvalue weighted by Gasteiger charge is 2.27. The normalized spacial score (nSPS) is 12.8. The fourth-order valence-electron chi connectivity index (χ4n) is 3.00. The van der Waals surface area contributed by atoms with Gasteiger partial charge in [0.1, 0.15) is 6.04 Å². The topological polar surface area (TPSA) is 49.4 Å². The minimum absolute atomic E-state index is 0.0629. The molecule has 0 aliphatic carbocycles. The summed E-state index contributed by atoms with van der Waals surface area (Å²) in [7, 11) is 0. The maximum Gasteiger partial charge on any atom is 0.242 e. The number of thioether (sulfide) groups is 1. The van der Waals surface area contributed by atoms with Crippen molar-refractivity contribution in [3.63, 3.8) is 0 Å². The van der Waals surface area contributed by atoms with Crippen molar-refractivity contribution in [2.45, 2.75) is 58.5 Å². The molecule has 0 saturated carbocycles. The van der Waals surface area contributed by atoms with Crippen molar-refractivity contribution >= 4 is 35.2 Å². The number of nitrogens with zero attached hydrogens (tertiary/aromatic N) is 1. The maximum absolute atomic E-state index is 13.1. The second-order valence-corrected chi connectivity index (χ2v) is 8.98. The number of nitrogens with one attached hydrogen (secondary N) is 1. The molecule has 1 N–H and O–H groups in total. The number of hydrogen-bond donors (Lipinski definition) is 1. The van der Waals surface area contributed by atoms with Crippen molar-refractivity contribution in [3.8, 4) is 0 Å². The molecule has 0 radical (unpaired) electrons. The van der Waals surface area contributed by atoms with E-state index in [0.29, 0.717) is 17.3 Å². The van der Waals surface area contributed by atoms with E-state index in [4.69, 9.17) is 11.6 Å². The van der Waals surface area contributed by atoms with E-state index < -0.39 is 6.04 Å². The monoisotopic (exact) mass is 446 g/mol. The molecular formula is C24H31ClN2O2S. The second-order valence-electron chi connectivity index (χ2n) is 7.59. The molecule has 0 heterocycles. The van der Waals surface area contributed by atoms with E-state index in [1.807, 2.05) is 38.1 Å². The van der Waals surface area contributed by atoms with E-state index in [-0.39, 0.29) is 17.9 Å². The lowest BCUT2D eigenvalue weighted by atomic mass is 10.1. The van der Waals surface area contributed by atoms with Gasteiger partial charge in [-0.05, 0) is 44.4 Å². The lowest BCUT2D eigenvalue weighted by molar-refractivity contribution is -0.138. The number of benzene rings is 2. The molecule has 0 bridgehead atoms. The highest BCUT2D eigenvalue weighted by Crippen LogP contribution is 2.20. The smallest absolute Gasteiger partial charge is 0.242 e. The van der Waals surface area contributed by atoms with Gasteiger partial charge in [0, 0.05) is 23.4 Å². The summed E-state index contributed by atoms with van der Waals surface area (Å²) in [6.45, 7) is 8.12. The predicted molar refractivity (Wildman–Crippen MR) is 127 cm³/mol. The second kappa shape index (κ2) is 12.0. The summed E-state index contributed by atoms with van der Waals surface area (Å²) in [5.41, 5.74) is 3.22. The fraction of sp³-hybridized carbons (Fsp3) is 0.417. The van der Waals surface area contributed by atoms with Crippen LogP contribution in [0.5, 0.6) is 0 Å². The SMILES string of the molecule is CC[C@@H](C)NC(=O)[C@H](C)N(Cc1ccccc1Cl)C(=O)CSCc1cccc(C)c1. The van der Waals surface area contributed by atoms with Crippen LogP contribution >= 0.6 is 23.4 Å². The lowest BCUT2D eigenvalue weighted by Crippen LogP contribution is -2.50. The molecule has 0 aromatic heterocycles. The number of carbonyl (C=O) groups excluding carboxylic acids is 2. The molecule has 6 heteroatoms. The van der Waals surface area contributed by atoms with E-state index in [1.165, 1.54) is 11.1 Å². The Hall–Kier alpha value is -1.98. The zero-order valence-electron chi connectivity index (χ0n) is 18.2. The average Bonchev–Trinajstić information content (AvgIpc) is 2.72. The Balaban J connectivity index is 2.09. The molecule has 0 saturated heterocycles. The molecule has 0 spiro atoms. The first kappa shape index (κ1) is 24.3. The van der Waals surface area contributed by atoms with E-state index in [9.17, 15) is 9.59 Å². The Kier molecular flexibility index (Phi) is 9.73. The van der Waals surface area contributed by atoms with Crippen molar-refractivity contribution in [2.75, 3.05) is 5.75 Å². The largest absolute Gasteiger partial charge is 0.352 e. The van der Waals surface area contributed by atoms with Gasteiger partial charge in [0.2, 0.25) is 11.8 Å². The first-order chi connectivity index (χ1) is 14.3. The van der Waals surface area contributed by atoms with Gasteiger partial charge in [-0.1, -0.05) is 66.6 Å². The lowest BCUT2D eigenvalue weighted by Gasteiger charge is -2.30. The molecule has 0 unspecified atom stereocenters. The maximum atomic E-state index is 13.1. The molecule has 30 heavy (non-hydrogen) atoms. The quantitative estimate of drug-likeness (QED) is 0.544. The van der Waals surface area contributed by atoms with Crippen LogP contribution in [0.2, 0.25) is 5.02 Å². The van der Waals surface area contributed by atoms with Crippen LogP contribution < -0.4 is 5.32 Å². The van der Waals surface area contributed by atoms with Crippen LogP contribution in [0.1, 0.15) is 43.9 Å². The molecule has 162 valence electrons. The van der Waals surface area contributed by atoms with Crippen molar-refractivity contribution < 1.29 is 9.59 Å². The van der Waals surface area contributed by atoms with Crippen molar-refractivity contribution in [1.82, 2.24) is 10.2 Å². The summed E-state index contributed by atoms with van der Waals surface area (Å²) in [6.07, 6.45) is 0.837. The summed E-state index contributed by atoms with van der Waals surface area (Å²) in [4.78, 5) is 27.4. The van der Waals surface area contributed by atoms with Crippen molar-refractivity contribution in [3.05, 3.63) is 70.2 Å². The number of aryl methyl sites for hydroxylation is 1. The van der Waals surface area contributed by atoms with Gasteiger partial charge in [0.15, 0.2) is 0 Å². The van der Waals surface area contributed by atoms with Crippen LogP contribution in [0.4, 0.5) is 0 Å². The van der Waals surface area contributed by atoms with Gasteiger partial charge < -0.3 is 10.2 Å². The third-order valence-electron chi connectivity index (χ3n) is 5.04. The van der Waals surface area contributed by atoms with Crippen molar-refractivity contribution in [2.24, 2.45) is 0 Å². The van der Waals surface area contributed by atoms with Gasteiger partial charge >= 0.3 is 0 Å². The molecule has 2 amide bonds. The van der Waals surface area contributed by atoms with Gasteiger partial charge in [-0.3, -0.25) is 9.59 Å². The molecule has 4 nitrogen and oxygen atoms in total. The first-order valence-corrected chi connectivity index (χ1v) is 11.8.